The molecule has 0 aliphatic heterocycles. The highest BCUT2D eigenvalue weighted by molar-refractivity contribution is 9.10. The number of nitrogens with one attached hydrogen (secondary N) is 2. The number of hydrogen-bond donors (Lipinski definition) is 2. The zero-order valence-corrected chi connectivity index (χ0v) is 16.3. The van der Waals surface area contributed by atoms with Gasteiger partial charge in [0.1, 0.15) is 12.4 Å². The van der Waals surface area contributed by atoms with Gasteiger partial charge in [0.05, 0.1) is 6.54 Å². The molecule has 3 rings (SSSR count). The molecule has 0 fully saturated rings. The summed E-state index contributed by atoms with van der Waals surface area (Å²) in [4.78, 5) is 11.9. The first-order valence-electron chi connectivity index (χ1n) is 8.55. The van der Waals surface area contributed by atoms with E-state index >= 15 is 0 Å². The second-order valence-corrected chi connectivity index (χ2v) is 6.69. The van der Waals surface area contributed by atoms with E-state index in [1.165, 1.54) is 0 Å². The molecule has 27 heavy (non-hydrogen) atoms. The Balaban J connectivity index is 1.40. The van der Waals surface area contributed by atoms with E-state index in [-0.39, 0.29) is 19.2 Å². The van der Waals surface area contributed by atoms with E-state index in [9.17, 15) is 4.79 Å². The van der Waals surface area contributed by atoms with Crippen LogP contribution in [0.5, 0.6) is 5.75 Å². The summed E-state index contributed by atoms with van der Waals surface area (Å²) >= 11 is 3.39. The molecule has 2 N–H and O–H groups in total. The Hall–Kier alpha value is -2.97. The van der Waals surface area contributed by atoms with Crippen LogP contribution in [0.15, 0.2) is 71.2 Å². The van der Waals surface area contributed by atoms with Gasteiger partial charge < -0.3 is 15.4 Å². The average molecular weight is 423 g/mol. The molecule has 3 aromatic carbocycles. The number of rotatable bonds is 5. The Morgan fingerprint density at radius 2 is 1.78 bits per heavy atom. The Kier molecular flexibility index (Phi) is 6.72. The molecule has 0 aliphatic rings. The molecule has 0 aliphatic carbocycles. The van der Waals surface area contributed by atoms with Crippen LogP contribution < -0.4 is 15.4 Å². The fraction of sp³-hybridized carbons (Fsp3) is 0.136. The molecule has 0 spiro atoms. The quantitative estimate of drug-likeness (QED) is 0.595. The lowest BCUT2D eigenvalue weighted by atomic mass is 10.0. The molecular formula is C22H19BrN2O2. The zero-order valence-electron chi connectivity index (χ0n) is 14.7. The first-order valence-corrected chi connectivity index (χ1v) is 9.34. The Morgan fingerprint density at radius 1 is 0.963 bits per heavy atom. The number of benzene rings is 3. The Labute approximate surface area is 167 Å². The molecule has 4 nitrogen and oxygen atoms in total. The third-order valence-corrected chi connectivity index (χ3v) is 4.38. The molecule has 0 heterocycles. The monoisotopic (exact) mass is 422 g/mol. The van der Waals surface area contributed by atoms with Gasteiger partial charge in [0.25, 0.3) is 0 Å². The Morgan fingerprint density at radius 3 is 2.67 bits per heavy atom. The van der Waals surface area contributed by atoms with Crippen molar-refractivity contribution >= 4 is 32.7 Å². The molecule has 136 valence electrons. The molecule has 5 heteroatoms. The Bertz CT molecular complexity index is 987. The van der Waals surface area contributed by atoms with Crippen molar-refractivity contribution in [2.24, 2.45) is 0 Å². The van der Waals surface area contributed by atoms with Crippen LogP contribution in [0.25, 0.3) is 10.8 Å². The van der Waals surface area contributed by atoms with Crippen LogP contribution in [0, 0.1) is 11.8 Å². The summed E-state index contributed by atoms with van der Waals surface area (Å²) in [5, 5.41) is 7.89. The van der Waals surface area contributed by atoms with Crippen LogP contribution in [-0.2, 0) is 6.54 Å². The topological polar surface area (TPSA) is 50.4 Å². The van der Waals surface area contributed by atoms with Gasteiger partial charge in [-0.15, -0.1) is 0 Å². The number of ether oxygens (including phenoxy) is 1. The highest BCUT2D eigenvalue weighted by Crippen LogP contribution is 2.18. The molecule has 2 amide bonds. The molecule has 0 atom stereocenters. The van der Waals surface area contributed by atoms with Gasteiger partial charge in [0, 0.05) is 11.0 Å². The fourth-order valence-electron chi connectivity index (χ4n) is 2.60. The standard InChI is InChI=1S/C22H19BrN2O2/c23-19-10-6-11-20(15-19)27-14-4-3-13-24-22(26)25-16-18-9-5-8-17-7-1-2-12-21(17)18/h1-2,5-12,15H,13-14,16H2,(H2,24,25,26). The number of amides is 2. The van der Waals surface area contributed by atoms with Crippen molar-refractivity contribution in [2.75, 3.05) is 13.2 Å². The van der Waals surface area contributed by atoms with Crippen molar-refractivity contribution in [3.05, 3.63) is 76.8 Å². The van der Waals surface area contributed by atoms with Gasteiger partial charge in [0.15, 0.2) is 0 Å². The summed E-state index contributed by atoms with van der Waals surface area (Å²) in [6, 6.07) is 21.5. The fourth-order valence-corrected chi connectivity index (χ4v) is 2.98. The van der Waals surface area contributed by atoms with Crippen LogP contribution >= 0.6 is 15.9 Å². The van der Waals surface area contributed by atoms with Crippen LogP contribution in [0.2, 0.25) is 0 Å². The van der Waals surface area contributed by atoms with E-state index in [1.807, 2.05) is 48.5 Å². The molecule has 0 saturated heterocycles. The number of hydrogen-bond acceptors (Lipinski definition) is 2. The highest BCUT2D eigenvalue weighted by Gasteiger charge is 2.02. The van der Waals surface area contributed by atoms with Crippen molar-refractivity contribution in [1.29, 1.82) is 0 Å². The number of carbonyl (C=O) groups is 1. The van der Waals surface area contributed by atoms with Gasteiger partial charge in [-0.25, -0.2) is 4.79 Å². The van der Waals surface area contributed by atoms with Gasteiger partial charge >= 0.3 is 6.03 Å². The molecule has 3 aromatic rings. The minimum atomic E-state index is -0.245. The van der Waals surface area contributed by atoms with Gasteiger partial charge in [-0.1, -0.05) is 76.3 Å². The van der Waals surface area contributed by atoms with Crippen molar-refractivity contribution in [3.63, 3.8) is 0 Å². The SMILES string of the molecule is O=C(NCC#CCOc1cccc(Br)c1)NCc1cccc2ccccc12. The van der Waals surface area contributed by atoms with Crippen molar-refractivity contribution in [1.82, 2.24) is 10.6 Å². The molecular weight excluding hydrogens is 404 g/mol. The van der Waals surface area contributed by atoms with E-state index in [0.29, 0.717) is 6.54 Å². The molecule has 0 unspecified atom stereocenters. The summed E-state index contributed by atoms with van der Waals surface area (Å²) < 4.78 is 6.46. The lowest BCUT2D eigenvalue weighted by molar-refractivity contribution is 0.241. The van der Waals surface area contributed by atoms with Gasteiger partial charge in [0.2, 0.25) is 0 Å². The van der Waals surface area contributed by atoms with Crippen LogP contribution in [0.4, 0.5) is 4.79 Å². The minimum Gasteiger partial charge on any atom is -0.481 e. The van der Waals surface area contributed by atoms with Crippen LogP contribution in [0.1, 0.15) is 5.56 Å². The predicted molar refractivity (Wildman–Crippen MR) is 112 cm³/mol. The van der Waals surface area contributed by atoms with E-state index < -0.39 is 0 Å². The number of fused-ring (bicyclic) bond motifs is 1. The number of urea groups is 1. The van der Waals surface area contributed by atoms with Crippen LogP contribution in [0.3, 0.4) is 0 Å². The van der Waals surface area contributed by atoms with E-state index in [1.54, 1.807) is 0 Å². The lowest BCUT2D eigenvalue weighted by Gasteiger charge is -2.08. The van der Waals surface area contributed by atoms with Crippen LogP contribution in [-0.4, -0.2) is 19.2 Å². The normalized spacial score (nSPS) is 9.96. The second kappa shape index (κ2) is 9.65. The van der Waals surface area contributed by atoms with Gasteiger partial charge in [-0.2, -0.15) is 0 Å². The third-order valence-electron chi connectivity index (χ3n) is 3.89. The summed E-state index contributed by atoms with van der Waals surface area (Å²) in [5.41, 5.74) is 1.08. The number of carbonyl (C=O) groups excluding carboxylic acids is 1. The van der Waals surface area contributed by atoms with Crippen molar-refractivity contribution in [3.8, 4) is 17.6 Å². The average Bonchev–Trinajstić information content (AvgIpc) is 2.69. The van der Waals surface area contributed by atoms with Gasteiger partial charge in [-0.3, -0.25) is 0 Å². The van der Waals surface area contributed by atoms with E-state index in [0.717, 1.165) is 26.6 Å². The summed E-state index contributed by atoms with van der Waals surface area (Å²) in [5.74, 6) is 6.50. The summed E-state index contributed by atoms with van der Waals surface area (Å²) in [6.45, 7) is 1.01. The first kappa shape index (κ1) is 18.8. The number of halogens is 1. The van der Waals surface area contributed by atoms with Crippen molar-refractivity contribution < 1.29 is 9.53 Å². The third kappa shape index (κ3) is 5.77. The molecule has 0 bridgehead atoms. The molecule has 0 saturated carbocycles. The summed E-state index contributed by atoms with van der Waals surface area (Å²) in [6.07, 6.45) is 0. The maximum Gasteiger partial charge on any atom is 0.315 e. The first-order chi connectivity index (χ1) is 13.2. The lowest BCUT2D eigenvalue weighted by Crippen LogP contribution is -2.35. The maximum atomic E-state index is 11.9. The van der Waals surface area contributed by atoms with Crippen molar-refractivity contribution in [2.45, 2.75) is 6.54 Å². The highest BCUT2D eigenvalue weighted by atomic mass is 79.9. The smallest absolute Gasteiger partial charge is 0.315 e. The molecule has 0 radical (unpaired) electrons. The molecule has 0 aromatic heterocycles. The van der Waals surface area contributed by atoms with E-state index in [4.69, 9.17) is 4.74 Å². The zero-order chi connectivity index (χ0) is 18.9. The maximum absolute atomic E-state index is 11.9. The second-order valence-electron chi connectivity index (χ2n) is 5.77. The largest absolute Gasteiger partial charge is 0.481 e. The van der Waals surface area contributed by atoms with Gasteiger partial charge in [-0.05, 0) is 34.5 Å². The summed E-state index contributed by atoms with van der Waals surface area (Å²) in [7, 11) is 0. The van der Waals surface area contributed by atoms with E-state index in [2.05, 4.69) is 56.6 Å². The minimum absolute atomic E-state index is 0.245. The predicted octanol–water partition coefficient (Wildman–Crippen LogP) is 4.48.